The molecule has 0 saturated carbocycles. The fourth-order valence-electron chi connectivity index (χ4n) is 1.37. The molecule has 0 aliphatic rings. The van der Waals surface area contributed by atoms with Crippen LogP contribution in [0.3, 0.4) is 0 Å². The quantitative estimate of drug-likeness (QED) is 0.682. The largest absolute Gasteiger partial charge is 0.508 e. The molecule has 1 aromatic rings. The minimum absolute atomic E-state index is 0.186. The minimum atomic E-state index is -1.06. The molecule has 98 valence electrons. The minimum Gasteiger partial charge on any atom is -0.508 e. The number of aromatic hydroxyl groups is 1. The van der Waals surface area contributed by atoms with Crippen molar-refractivity contribution in [3.8, 4) is 5.75 Å². The summed E-state index contributed by atoms with van der Waals surface area (Å²) >= 11 is 0. The lowest BCUT2D eigenvalue weighted by Gasteiger charge is -2.18. The van der Waals surface area contributed by atoms with Gasteiger partial charge in [0.05, 0.1) is 0 Å². The third-order valence-corrected chi connectivity index (χ3v) is 2.40. The van der Waals surface area contributed by atoms with E-state index in [1.165, 1.54) is 0 Å². The average Bonchev–Trinajstić information content (AvgIpc) is 2.34. The molecule has 18 heavy (non-hydrogen) atoms. The molecule has 1 aromatic carbocycles. The maximum Gasteiger partial charge on any atom is 0.322 e. The summed E-state index contributed by atoms with van der Waals surface area (Å²) in [6, 6.07) is 6.61. The number of hydrogen-bond acceptors (Lipinski definition) is 4. The van der Waals surface area contributed by atoms with E-state index in [0.29, 0.717) is 6.54 Å². The van der Waals surface area contributed by atoms with Crippen LogP contribution in [0.2, 0.25) is 0 Å². The van der Waals surface area contributed by atoms with Gasteiger partial charge in [0.25, 0.3) is 0 Å². The third kappa shape index (κ3) is 4.73. The van der Waals surface area contributed by atoms with Crippen LogP contribution in [0.5, 0.6) is 5.75 Å². The van der Waals surface area contributed by atoms with Crippen LogP contribution in [0.15, 0.2) is 24.3 Å². The van der Waals surface area contributed by atoms with Crippen molar-refractivity contribution in [2.24, 2.45) is 0 Å². The second-order valence-corrected chi connectivity index (χ2v) is 3.86. The number of benzene rings is 1. The topological polar surface area (TPSA) is 89.9 Å². The number of phenols is 1. The number of aliphatic carboxylic acids is 1. The Morgan fingerprint density at radius 2 is 1.89 bits per heavy atom. The first-order valence-corrected chi connectivity index (χ1v) is 5.47. The lowest BCUT2D eigenvalue weighted by atomic mass is 10.2. The molecule has 0 aliphatic carbocycles. The van der Waals surface area contributed by atoms with Gasteiger partial charge in [-0.1, -0.05) is 0 Å². The molecular formula is C12H16N2O4. The molecule has 3 N–H and O–H groups in total. The van der Waals surface area contributed by atoms with E-state index in [-0.39, 0.29) is 24.6 Å². The van der Waals surface area contributed by atoms with Gasteiger partial charge in [-0.3, -0.25) is 9.59 Å². The maximum atomic E-state index is 11.3. The average molecular weight is 252 g/mol. The molecule has 0 unspecified atom stereocenters. The van der Waals surface area contributed by atoms with Crippen molar-refractivity contribution >= 4 is 17.6 Å². The highest BCUT2D eigenvalue weighted by Crippen LogP contribution is 2.17. The number of nitrogens with zero attached hydrogens (tertiary/aromatic N) is 1. The molecule has 0 aliphatic heterocycles. The number of nitrogens with one attached hydrogen (secondary N) is 1. The van der Waals surface area contributed by atoms with E-state index in [0.717, 1.165) is 5.69 Å². The normalized spacial score (nSPS) is 9.83. The Bertz CT molecular complexity index is 417. The number of rotatable bonds is 6. The molecule has 6 nitrogen and oxygen atoms in total. The van der Waals surface area contributed by atoms with E-state index in [4.69, 9.17) is 10.2 Å². The molecule has 0 atom stereocenters. The number of carboxylic acid groups (broad SMARTS) is 1. The Morgan fingerprint density at radius 1 is 1.28 bits per heavy atom. The zero-order chi connectivity index (χ0) is 13.5. The molecular weight excluding hydrogens is 236 g/mol. The fourth-order valence-corrected chi connectivity index (χ4v) is 1.37. The lowest BCUT2D eigenvalue weighted by Crippen LogP contribution is -2.32. The van der Waals surface area contributed by atoms with E-state index in [2.05, 4.69) is 5.32 Å². The second-order valence-electron chi connectivity index (χ2n) is 3.86. The van der Waals surface area contributed by atoms with Crippen molar-refractivity contribution < 1.29 is 19.8 Å². The number of hydrogen-bond donors (Lipinski definition) is 3. The number of phenolic OH excluding ortho intramolecular Hbond substituents is 1. The maximum absolute atomic E-state index is 11.3. The van der Waals surface area contributed by atoms with Crippen molar-refractivity contribution in [1.29, 1.82) is 0 Å². The van der Waals surface area contributed by atoms with E-state index < -0.39 is 5.97 Å². The summed E-state index contributed by atoms with van der Waals surface area (Å²) in [5, 5.41) is 19.8. The predicted molar refractivity (Wildman–Crippen MR) is 66.6 cm³/mol. The second kappa shape index (κ2) is 6.48. The van der Waals surface area contributed by atoms with Crippen molar-refractivity contribution in [3.05, 3.63) is 24.3 Å². The Kier molecular flexibility index (Phi) is 4.98. The highest BCUT2D eigenvalue weighted by atomic mass is 16.4. The Morgan fingerprint density at radius 3 is 2.44 bits per heavy atom. The first-order chi connectivity index (χ1) is 8.49. The number of amides is 1. The van der Waals surface area contributed by atoms with Crippen LogP contribution in [0.1, 0.15) is 6.42 Å². The summed E-state index contributed by atoms with van der Waals surface area (Å²) in [4.78, 5) is 23.4. The zero-order valence-corrected chi connectivity index (χ0v) is 10.1. The smallest absolute Gasteiger partial charge is 0.322 e. The van der Waals surface area contributed by atoms with Gasteiger partial charge in [-0.15, -0.1) is 0 Å². The number of carbonyl (C=O) groups excluding carboxylic acids is 1. The van der Waals surface area contributed by atoms with Gasteiger partial charge in [0.2, 0.25) is 5.91 Å². The fraction of sp³-hybridized carbons (Fsp3) is 0.333. The highest BCUT2D eigenvalue weighted by molar-refractivity contribution is 5.81. The number of carboxylic acids is 1. The SMILES string of the molecule is CN(CCC(=O)NCC(=O)O)c1ccc(O)cc1. The molecule has 0 spiro atoms. The van der Waals surface area contributed by atoms with Crippen LogP contribution < -0.4 is 10.2 Å². The van der Waals surface area contributed by atoms with E-state index in [1.54, 1.807) is 24.3 Å². The van der Waals surface area contributed by atoms with Crippen molar-refractivity contribution in [1.82, 2.24) is 5.32 Å². The van der Waals surface area contributed by atoms with Crippen LogP contribution >= 0.6 is 0 Å². The first kappa shape index (κ1) is 13.8. The van der Waals surface area contributed by atoms with E-state index in [9.17, 15) is 9.59 Å². The van der Waals surface area contributed by atoms with Gasteiger partial charge in [0.15, 0.2) is 0 Å². The highest BCUT2D eigenvalue weighted by Gasteiger charge is 2.06. The van der Waals surface area contributed by atoms with E-state index in [1.807, 2.05) is 11.9 Å². The third-order valence-electron chi connectivity index (χ3n) is 2.40. The first-order valence-electron chi connectivity index (χ1n) is 5.47. The summed E-state index contributed by atoms with van der Waals surface area (Å²) in [6.45, 7) is 0.109. The molecule has 6 heteroatoms. The summed E-state index contributed by atoms with van der Waals surface area (Å²) in [5.41, 5.74) is 0.874. The summed E-state index contributed by atoms with van der Waals surface area (Å²) < 4.78 is 0. The Labute approximate surface area is 105 Å². The molecule has 0 radical (unpaired) electrons. The number of carbonyl (C=O) groups is 2. The molecule has 0 fully saturated rings. The van der Waals surface area contributed by atoms with Gasteiger partial charge >= 0.3 is 5.97 Å². The van der Waals surface area contributed by atoms with Gasteiger partial charge < -0.3 is 20.4 Å². The van der Waals surface area contributed by atoms with Crippen LogP contribution in [0.25, 0.3) is 0 Å². The monoisotopic (exact) mass is 252 g/mol. The standard InChI is InChI=1S/C12H16N2O4/c1-14(9-2-4-10(15)5-3-9)7-6-11(16)13-8-12(17)18/h2-5,15H,6-8H2,1H3,(H,13,16)(H,17,18). The van der Waals surface area contributed by atoms with Gasteiger partial charge in [-0.2, -0.15) is 0 Å². The van der Waals surface area contributed by atoms with Crippen molar-refractivity contribution in [2.75, 3.05) is 25.0 Å². The van der Waals surface area contributed by atoms with Crippen molar-refractivity contribution in [2.45, 2.75) is 6.42 Å². The Hall–Kier alpha value is -2.24. The van der Waals surface area contributed by atoms with Crippen molar-refractivity contribution in [3.63, 3.8) is 0 Å². The summed E-state index contributed by atoms with van der Waals surface area (Å²) in [7, 11) is 1.82. The van der Waals surface area contributed by atoms with Gasteiger partial charge in [-0.25, -0.2) is 0 Å². The van der Waals surface area contributed by atoms with Crippen LogP contribution in [-0.4, -0.2) is 42.2 Å². The number of anilines is 1. The van der Waals surface area contributed by atoms with E-state index >= 15 is 0 Å². The molecule has 0 bridgehead atoms. The summed E-state index contributed by atoms with van der Waals surface area (Å²) in [5.74, 6) is -1.18. The van der Waals surface area contributed by atoms with Crippen LogP contribution in [0, 0.1) is 0 Å². The summed E-state index contributed by atoms with van der Waals surface area (Å²) in [6.07, 6.45) is 0.213. The Balaban J connectivity index is 2.36. The van der Waals surface area contributed by atoms with Crippen LogP contribution in [-0.2, 0) is 9.59 Å². The van der Waals surface area contributed by atoms with Gasteiger partial charge in [0.1, 0.15) is 12.3 Å². The molecule has 0 saturated heterocycles. The van der Waals surface area contributed by atoms with Crippen LogP contribution in [0.4, 0.5) is 5.69 Å². The van der Waals surface area contributed by atoms with Gasteiger partial charge in [0, 0.05) is 25.7 Å². The molecule has 1 rings (SSSR count). The van der Waals surface area contributed by atoms with Gasteiger partial charge in [-0.05, 0) is 24.3 Å². The molecule has 1 amide bonds. The zero-order valence-electron chi connectivity index (χ0n) is 10.1. The predicted octanol–water partition coefficient (Wildman–Crippen LogP) is 0.419. The lowest BCUT2D eigenvalue weighted by molar-refractivity contribution is -0.137. The molecule has 0 heterocycles. The molecule has 0 aromatic heterocycles.